The first-order chi connectivity index (χ1) is 9.25. The Morgan fingerprint density at radius 2 is 2.00 bits per heavy atom. The summed E-state index contributed by atoms with van der Waals surface area (Å²) >= 11 is 0. The molecular weight excluding hydrogens is 236 g/mol. The van der Waals surface area contributed by atoms with E-state index >= 15 is 0 Å². The monoisotopic (exact) mass is 256 g/mol. The van der Waals surface area contributed by atoms with Crippen LogP contribution in [0.3, 0.4) is 0 Å². The van der Waals surface area contributed by atoms with Gasteiger partial charge in [-0.25, -0.2) is 0 Å². The normalized spacial score (nSPS) is 20.6. The number of aromatic nitrogens is 2. The zero-order chi connectivity index (χ0) is 13.2. The highest BCUT2D eigenvalue weighted by Gasteiger charge is 2.23. The van der Waals surface area contributed by atoms with Gasteiger partial charge in [0.05, 0.1) is 17.4 Å². The molecule has 0 spiro atoms. The molecule has 4 nitrogen and oxygen atoms in total. The van der Waals surface area contributed by atoms with E-state index < -0.39 is 0 Å². The highest BCUT2D eigenvalue weighted by Crippen LogP contribution is 2.25. The van der Waals surface area contributed by atoms with Crippen molar-refractivity contribution in [3.8, 4) is 11.3 Å². The molecule has 100 valence electrons. The zero-order valence-corrected chi connectivity index (χ0v) is 11.5. The molecule has 1 aliphatic heterocycles. The van der Waals surface area contributed by atoms with Crippen LogP contribution in [-0.2, 0) is 7.05 Å². The Hall–Kier alpha value is -1.65. The number of aryl methyl sites for hydroxylation is 1. The standard InChI is InChI=1S/C15H20N4/c1-18-9-8-16-11-15(18)14-10-13(17-19(14)2)12-6-4-3-5-7-12/h3-7,10,15-16H,8-9,11H2,1-2H3. The molecule has 1 aromatic carbocycles. The molecule has 2 aromatic rings. The molecule has 1 aliphatic rings. The molecule has 1 N–H and O–H groups in total. The van der Waals surface area contributed by atoms with Crippen LogP contribution < -0.4 is 5.32 Å². The van der Waals surface area contributed by atoms with Crippen molar-refractivity contribution in [3.63, 3.8) is 0 Å². The van der Waals surface area contributed by atoms with Gasteiger partial charge in [-0.05, 0) is 13.1 Å². The molecule has 1 aromatic heterocycles. The number of hydrogen-bond donors (Lipinski definition) is 1. The SMILES string of the molecule is CN1CCNCC1c1cc(-c2ccccc2)nn1C. The maximum Gasteiger partial charge on any atom is 0.0926 e. The van der Waals surface area contributed by atoms with Crippen LogP contribution in [0, 0.1) is 0 Å². The van der Waals surface area contributed by atoms with E-state index in [2.05, 4.69) is 52.7 Å². The van der Waals surface area contributed by atoms with Crippen molar-refractivity contribution in [1.82, 2.24) is 20.0 Å². The van der Waals surface area contributed by atoms with Crippen LogP contribution >= 0.6 is 0 Å². The number of rotatable bonds is 2. The third kappa shape index (κ3) is 2.41. The van der Waals surface area contributed by atoms with Crippen LogP contribution in [-0.4, -0.2) is 41.4 Å². The van der Waals surface area contributed by atoms with Gasteiger partial charge in [-0.3, -0.25) is 9.58 Å². The van der Waals surface area contributed by atoms with Crippen LogP contribution in [0.1, 0.15) is 11.7 Å². The average Bonchev–Trinajstić information content (AvgIpc) is 2.82. The third-order valence-electron chi connectivity index (χ3n) is 3.84. The Bertz CT molecular complexity index is 547. The Morgan fingerprint density at radius 1 is 1.21 bits per heavy atom. The molecule has 1 fully saturated rings. The smallest absolute Gasteiger partial charge is 0.0926 e. The minimum atomic E-state index is 0.406. The largest absolute Gasteiger partial charge is 0.313 e. The molecule has 0 radical (unpaired) electrons. The first kappa shape index (κ1) is 12.4. The molecule has 0 aliphatic carbocycles. The average molecular weight is 256 g/mol. The van der Waals surface area contributed by atoms with Gasteiger partial charge in [0.1, 0.15) is 0 Å². The summed E-state index contributed by atoms with van der Waals surface area (Å²) in [6.07, 6.45) is 0. The Balaban J connectivity index is 1.93. The molecule has 2 heterocycles. The molecule has 0 bridgehead atoms. The molecule has 1 atom stereocenters. The molecule has 1 saturated heterocycles. The summed E-state index contributed by atoms with van der Waals surface area (Å²) in [6.45, 7) is 3.14. The van der Waals surface area contributed by atoms with Crippen molar-refractivity contribution in [2.45, 2.75) is 6.04 Å². The molecule has 0 amide bonds. The van der Waals surface area contributed by atoms with Crippen molar-refractivity contribution in [3.05, 3.63) is 42.1 Å². The minimum Gasteiger partial charge on any atom is -0.313 e. The summed E-state index contributed by atoms with van der Waals surface area (Å²) in [6, 6.07) is 13.0. The number of piperazine rings is 1. The van der Waals surface area contributed by atoms with Crippen molar-refractivity contribution in [2.24, 2.45) is 7.05 Å². The molecule has 3 rings (SSSR count). The van der Waals surface area contributed by atoms with E-state index in [1.54, 1.807) is 0 Å². The van der Waals surface area contributed by atoms with E-state index in [1.807, 2.05) is 17.8 Å². The third-order valence-corrected chi connectivity index (χ3v) is 3.84. The number of nitrogens with one attached hydrogen (secondary N) is 1. The Morgan fingerprint density at radius 3 is 2.74 bits per heavy atom. The fourth-order valence-corrected chi connectivity index (χ4v) is 2.68. The first-order valence-corrected chi connectivity index (χ1v) is 6.76. The summed E-state index contributed by atoms with van der Waals surface area (Å²) in [4.78, 5) is 2.39. The van der Waals surface area contributed by atoms with E-state index in [9.17, 15) is 0 Å². The lowest BCUT2D eigenvalue weighted by Crippen LogP contribution is -2.44. The second-order valence-electron chi connectivity index (χ2n) is 5.14. The summed E-state index contributed by atoms with van der Waals surface area (Å²) < 4.78 is 2.01. The maximum absolute atomic E-state index is 4.65. The van der Waals surface area contributed by atoms with Gasteiger partial charge in [0, 0.05) is 32.2 Å². The van der Waals surface area contributed by atoms with Gasteiger partial charge >= 0.3 is 0 Å². The van der Waals surface area contributed by atoms with Gasteiger partial charge in [-0.2, -0.15) is 5.10 Å². The highest BCUT2D eigenvalue weighted by molar-refractivity contribution is 5.59. The summed E-state index contributed by atoms with van der Waals surface area (Å²) in [5.41, 5.74) is 3.50. The topological polar surface area (TPSA) is 33.1 Å². The quantitative estimate of drug-likeness (QED) is 0.887. The number of likely N-dealkylation sites (N-methyl/N-ethyl adjacent to an activating group) is 1. The maximum atomic E-state index is 4.65. The fourth-order valence-electron chi connectivity index (χ4n) is 2.68. The van der Waals surface area contributed by atoms with E-state index in [4.69, 9.17) is 0 Å². The first-order valence-electron chi connectivity index (χ1n) is 6.76. The van der Waals surface area contributed by atoms with Gasteiger partial charge in [0.2, 0.25) is 0 Å². The van der Waals surface area contributed by atoms with Crippen LogP contribution in [0.5, 0.6) is 0 Å². The van der Waals surface area contributed by atoms with Crippen LogP contribution in [0.2, 0.25) is 0 Å². The molecule has 19 heavy (non-hydrogen) atoms. The number of nitrogens with zero attached hydrogens (tertiary/aromatic N) is 3. The highest BCUT2D eigenvalue weighted by atomic mass is 15.3. The molecule has 0 saturated carbocycles. The van der Waals surface area contributed by atoms with Gasteiger partial charge in [-0.1, -0.05) is 30.3 Å². The Kier molecular flexibility index (Phi) is 3.36. The fraction of sp³-hybridized carbons (Fsp3) is 0.400. The second kappa shape index (κ2) is 5.15. The lowest BCUT2D eigenvalue weighted by Gasteiger charge is -2.32. The van der Waals surface area contributed by atoms with E-state index in [0.29, 0.717) is 6.04 Å². The van der Waals surface area contributed by atoms with E-state index in [0.717, 1.165) is 25.3 Å². The molecule has 4 heteroatoms. The lowest BCUT2D eigenvalue weighted by atomic mass is 10.1. The summed E-state index contributed by atoms with van der Waals surface area (Å²) in [5, 5.41) is 8.11. The van der Waals surface area contributed by atoms with Gasteiger partial charge < -0.3 is 5.32 Å². The molecule has 1 unspecified atom stereocenters. The summed E-state index contributed by atoms with van der Waals surface area (Å²) in [7, 11) is 4.21. The van der Waals surface area contributed by atoms with Crippen molar-refractivity contribution in [2.75, 3.05) is 26.7 Å². The van der Waals surface area contributed by atoms with Crippen LogP contribution in [0.25, 0.3) is 11.3 Å². The predicted molar refractivity (Wildman–Crippen MR) is 76.9 cm³/mol. The van der Waals surface area contributed by atoms with Crippen molar-refractivity contribution in [1.29, 1.82) is 0 Å². The Labute approximate surface area is 114 Å². The molecular formula is C15H20N4. The second-order valence-corrected chi connectivity index (χ2v) is 5.14. The predicted octanol–water partition coefficient (Wildman–Crippen LogP) is 1.66. The van der Waals surface area contributed by atoms with Crippen LogP contribution in [0.15, 0.2) is 36.4 Å². The lowest BCUT2D eigenvalue weighted by molar-refractivity contribution is 0.194. The van der Waals surface area contributed by atoms with Gasteiger partial charge in [0.15, 0.2) is 0 Å². The summed E-state index contributed by atoms with van der Waals surface area (Å²) in [5.74, 6) is 0. The zero-order valence-electron chi connectivity index (χ0n) is 11.5. The number of hydrogen-bond acceptors (Lipinski definition) is 3. The van der Waals surface area contributed by atoms with E-state index in [1.165, 1.54) is 11.3 Å². The van der Waals surface area contributed by atoms with E-state index in [-0.39, 0.29) is 0 Å². The van der Waals surface area contributed by atoms with Gasteiger partial charge in [-0.15, -0.1) is 0 Å². The van der Waals surface area contributed by atoms with Crippen molar-refractivity contribution >= 4 is 0 Å². The van der Waals surface area contributed by atoms with Gasteiger partial charge in [0.25, 0.3) is 0 Å². The number of benzene rings is 1. The van der Waals surface area contributed by atoms with Crippen LogP contribution in [0.4, 0.5) is 0 Å². The van der Waals surface area contributed by atoms with Crippen molar-refractivity contribution < 1.29 is 0 Å². The minimum absolute atomic E-state index is 0.406.